The van der Waals surface area contributed by atoms with Gasteiger partial charge in [0, 0.05) is 18.4 Å². The van der Waals surface area contributed by atoms with E-state index in [1.54, 1.807) is 24.3 Å². The molecular weight excluding hydrogens is 435 g/mol. The summed E-state index contributed by atoms with van der Waals surface area (Å²) in [6.07, 6.45) is 0.824. The summed E-state index contributed by atoms with van der Waals surface area (Å²) >= 11 is 0. The predicted molar refractivity (Wildman–Crippen MR) is 126 cm³/mol. The lowest BCUT2D eigenvalue weighted by Crippen LogP contribution is -2.34. The highest BCUT2D eigenvalue weighted by Crippen LogP contribution is 2.41. The Morgan fingerprint density at radius 1 is 1.00 bits per heavy atom. The number of methoxy groups -OCH3 is 1. The van der Waals surface area contributed by atoms with Crippen LogP contribution in [0.3, 0.4) is 0 Å². The molecule has 0 fully saturated rings. The average molecular weight is 463 g/mol. The van der Waals surface area contributed by atoms with E-state index in [1.165, 1.54) is 24.8 Å². The number of aryl methyl sites for hydroxylation is 1. The summed E-state index contributed by atoms with van der Waals surface area (Å²) < 4.78 is 25.0. The average Bonchev–Trinajstić information content (AvgIpc) is 3.17. The van der Waals surface area contributed by atoms with Gasteiger partial charge in [-0.15, -0.1) is 0 Å². The molecule has 1 unspecified atom stereocenters. The molecule has 176 valence electrons. The Balaban J connectivity index is 1.50. The Labute approximate surface area is 198 Å². The minimum atomic E-state index is -1.29. The maximum absolute atomic E-state index is 13.6. The number of Topliss-reactive ketones (excluding diaryl/α,β-unsaturated/α-hetero) is 1. The van der Waals surface area contributed by atoms with Gasteiger partial charge in [-0.3, -0.25) is 9.59 Å². The number of ketones is 1. The predicted octanol–water partition coefficient (Wildman–Crippen LogP) is 5.21. The summed E-state index contributed by atoms with van der Waals surface area (Å²) in [5, 5.41) is 9.99. The highest BCUT2D eigenvalue weighted by atomic mass is 19.1. The molecule has 1 atom stereocenters. The van der Waals surface area contributed by atoms with Crippen molar-refractivity contribution >= 4 is 11.8 Å². The van der Waals surface area contributed by atoms with Crippen molar-refractivity contribution < 1.29 is 28.6 Å². The lowest BCUT2D eigenvalue weighted by atomic mass is 9.79. The largest absolute Gasteiger partial charge is 0.493 e. The molecule has 3 aromatic carbocycles. The number of aliphatic carboxylic acids is 1. The fourth-order valence-electron chi connectivity index (χ4n) is 4.59. The SMILES string of the molecule is COc1ccc(C(=O)CC2(C(=O)O)Cc3ccc(F)cc3C2)cc1OCCc1cccc(C)c1. The van der Waals surface area contributed by atoms with Gasteiger partial charge in [-0.25, -0.2) is 4.39 Å². The van der Waals surface area contributed by atoms with Crippen molar-refractivity contribution in [2.45, 2.75) is 32.6 Å². The van der Waals surface area contributed by atoms with Crippen molar-refractivity contribution in [3.8, 4) is 11.5 Å². The van der Waals surface area contributed by atoms with Gasteiger partial charge < -0.3 is 14.6 Å². The van der Waals surface area contributed by atoms with E-state index < -0.39 is 17.2 Å². The molecule has 6 heteroatoms. The fraction of sp³-hybridized carbons (Fsp3) is 0.286. The molecule has 0 radical (unpaired) electrons. The molecule has 0 spiro atoms. The normalized spacial score (nSPS) is 16.7. The van der Waals surface area contributed by atoms with Crippen LogP contribution < -0.4 is 9.47 Å². The maximum atomic E-state index is 13.6. The summed E-state index contributed by atoms with van der Waals surface area (Å²) in [6.45, 7) is 2.43. The molecule has 1 aliphatic carbocycles. The molecule has 0 bridgehead atoms. The number of carboxylic acids is 1. The molecular formula is C28H27FO5. The first kappa shape index (κ1) is 23.5. The first-order chi connectivity index (χ1) is 16.3. The van der Waals surface area contributed by atoms with Crippen LogP contribution in [-0.4, -0.2) is 30.6 Å². The standard InChI is InChI=1S/C28H27FO5/c1-18-4-3-5-19(12-18)10-11-34-26-14-20(7-9-25(26)33-2)24(30)17-28(27(31)32)15-21-6-8-23(29)13-22(21)16-28/h3-9,12-14H,10-11,15-17H2,1-2H3,(H,31,32). The smallest absolute Gasteiger partial charge is 0.310 e. The zero-order valence-corrected chi connectivity index (χ0v) is 19.3. The minimum Gasteiger partial charge on any atom is -0.493 e. The van der Waals surface area contributed by atoms with Crippen molar-refractivity contribution in [3.63, 3.8) is 0 Å². The van der Waals surface area contributed by atoms with Crippen molar-refractivity contribution in [2.24, 2.45) is 5.41 Å². The zero-order valence-electron chi connectivity index (χ0n) is 19.3. The number of rotatable bonds is 9. The molecule has 1 aliphatic rings. The number of halogens is 1. The summed E-state index contributed by atoms with van der Waals surface area (Å²) in [6, 6.07) is 17.3. The minimum absolute atomic E-state index is 0.122. The number of hydrogen-bond acceptors (Lipinski definition) is 4. The molecule has 0 amide bonds. The van der Waals surface area contributed by atoms with Crippen LogP contribution >= 0.6 is 0 Å². The highest BCUT2D eigenvalue weighted by molar-refractivity contribution is 5.99. The summed E-state index contributed by atoms with van der Waals surface area (Å²) in [7, 11) is 1.53. The van der Waals surface area contributed by atoms with E-state index in [4.69, 9.17) is 9.47 Å². The van der Waals surface area contributed by atoms with Crippen LogP contribution in [0.15, 0.2) is 60.7 Å². The van der Waals surface area contributed by atoms with Crippen LogP contribution in [0.4, 0.5) is 4.39 Å². The van der Waals surface area contributed by atoms with E-state index in [9.17, 15) is 19.1 Å². The van der Waals surface area contributed by atoms with Gasteiger partial charge >= 0.3 is 5.97 Å². The van der Waals surface area contributed by atoms with E-state index in [2.05, 4.69) is 6.07 Å². The van der Waals surface area contributed by atoms with Crippen LogP contribution in [0.5, 0.6) is 11.5 Å². The Hall–Kier alpha value is -3.67. The van der Waals surface area contributed by atoms with Crippen LogP contribution in [0.1, 0.15) is 39.0 Å². The number of ether oxygens (including phenoxy) is 2. The third-order valence-corrected chi connectivity index (χ3v) is 6.40. The molecule has 0 saturated heterocycles. The van der Waals surface area contributed by atoms with E-state index in [0.717, 1.165) is 11.1 Å². The van der Waals surface area contributed by atoms with Crippen molar-refractivity contribution in [2.75, 3.05) is 13.7 Å². The van der Waals surface area contributed by atoms with Gasteiger partial charge in [0.15, 0.2) is 17.3 Å². The van der Waals surface area contributed by atoms with Crippen LogP contribution in [0, 0.1) is 18.2 Å². The summed E-state index contributed by atoms with van der Waals surface area (Å²) in [5.74, 6) is -0.837. The van der Waals surface area contributed by atoms with Crippen molar-refractivity contribution in [1.29, 1.82) is 0 Å². The molecule has 0 aliphatic heterocycles. The fourth-order valence-corrected chi connectivity index (χ4v) is 4.59. The second kappa shape index (κ2) is 9.67. The molecule has 3 aromatic rings. The molecule has 0 saturated carbocycles. The van der Waals surface area contributed by atoms with Gasteiger partial charge in [0.05, 0.1) is 19.1 Å². The molecule has 1 N–H and O–H groups in total. The monoisotopic (exact) mass is 462 g/mol. The van der Waals surface area contributed by atoms with Crippen LogP contribution in [0.25, 0.3) is 0 Å². The quantitative estimate of drug-likeness (QED) is 0.442. The van der Waals surface area contributed by atoms with Crippen LogP contribution in [-0.2, 0) is 24.1 Å². The number of fused-ring (bicyclic) bond motifs is 1. The summed E-state index contributed by atoms with van der Waals surface area (Å²) in [4.78, 5) is 25.4. The molecule has 0 aromatic heterocycles. The topological polar surface area (TPSA) is 72.8 Å². The number of benzene rings is 3. The molecule has 34 heavy (non-hydrogen) atoms. The number of hydrogen-bond donors (Lipinski definition) is 1. The molecule has 0 heterocycles. The zero-order chi connectivity index (χ0) is 24.3. The summed E-state index contributed by atoms with van der Waals surface area (Å²) in [5.41, 5.74) is 2.80. The van der Waals surface area contributed by atoms with E-state index in [1.807, 2.05) is 25.1 Å². The first-order valence-electron chi connectivity index (χ1n) is 11.2. The van der Waals surface area contributed by atoms with E-state index in [-0.39, 0.29) is 25.0 Å². The van der Waals surface area contributed by atoms with E-state index in [0.29, 0.717) is 35.7 Å². The highest BCUT2D eigenvalue weighted by Gasteiger charge is 2.45. The van der Waals surface area contributed by atoms with Gasteiger partial charge in [-0.05, 0) is 66.8 Å². The molecule has 4 rings (SSSR count). The lowest BCUT2D eigenvalue weighted by molar-refractivity contribution is -0.148. The number of carbonyl (C=O) groups excluding carboxylic acids is 1. The second-order valence-electron chi connectivity index (χ2n) is 8.91. The van der Waals surface area contributed by atoms with Gasteiger partial charge in [0.1, 0.15) is 5.82 Å². The number of carbonyl (C=O) groups is 2. The van der Waals surface area contributed by atoms with Gasteiger partial charge in [0.25, 0.3) is 0 Å². The Morgan fingerprint density at radius 3 is 2.53 bits per heavy atom. The lowest BCUT2D eigenvalue weighted by Gasteiger charge is -2.23. The Morgan fingerprint density at radius 2 is 1.79 bits per heavy atom. The third kappa shape index (κ3) is 4.96. The Kier molecular flexibility index (Phi) is 6.68. The molecule has 5 nitrogen and oxygen atoms in total. The second-order valence-corrected chi connectivity index (χ2v) is 8.91. The maximum Gasteiger partial charge on any atom is 0.310 e. The van der Waals surface area contributed by atoms with Crippen LogP contribution in [0.2, 0.25) is 0 Å². The first-order valence-corrected chi connectivity index (χ1v) is 11.2. The van der Waals surface area contributed by atoms with Gasteiger partial charge in [-0.2, -0.15) is 0 Å². The van der Waals surface area contributed by atoms with Crippen molar-refractivity contribution in [3.05, 3.63) is 94.3 Å². The van der Waals surface area contributed by atoms with Crippen molar-refractivity contribution in [1.82, 2.24) is 0 Å². The van der Waals surface area contributed by atoms with E-state index >= 15 is 0 Å². The van der Waals surface area contributed by atoms with Gasteiger partial charge in [0.2, 0.25) is 0 Å². The van der Waals surface area contributed by atoms with Gasteiger partial charge in [-0.1, -0.05) is 35.9 Å². The Bertz CT molecular complexity index is 1240. The third-order valence-electron chi connectivity index (χ3n) is 6.40. The number of carboxylic acid groups (broad SMARTS) is 1.